The number of hydrogen-bond donors (Lipinski definition) is 1. The quantitative estimate of drug-likeness (QED) is 0.543. The summed E-state index contributed by atoms with van der Waals surface area (Å²) < 4.78 is 47.4. The van der Waals surface area contributed by atoms with Crippen LogP contribution in [0, 0.1) is 0 Å². The van der Waals surface area contributed by atoms with Gasteiger partial charge in [-0.1, -0.05) is 23.7 Å². The third kappa shape index (κ3) is 6.25. The Labute approximate surface area is 169 Å². The zero-order chi connectivity index (χ0) is 20.9. The molecule has 3 aromatic rings. The zero-order valence-corrected chi connectivity index (χ0v) is 15.8. The monoisotopic (exact) mass is 424 g/mol. The number of benzene rings is 2. The third-order valence-electron chi connectivity index (χ3n) is 3.80. The summed E-state index contributed by atoms with van der Waals surface area (Å²) in [6.07, 6.45) is -2.65. The summed E-state index contributed by atoms with van der Waals surface area (Å²) in [7, 11) is 0. The van der Waals surface area contributed by atoms with Gasteiger partial charge in [0.05, 0.1) is 11.9 Å². The van der Waals surface area contributed by atoms with E-state index in [0.717, 1.165) is 5.56 Å². The van der Waals surface area contributed by atoms with Gasteiger partial charge in [-0.15, -0.1) is 0 Å². The fourth-order valence-corrected chi connectivity index (χ4v) is 2.59. The SMILES string of the molecule is O=C(CCc1ncc(-c2ccc(Cl)cc2)o1)Nc1ccccc1OCC(F)(F)F. The number of alkyl halides is 3. The lowest BCUT2D eigenvalue weighted by Gasteiger charge is -2.13. The summed E-state index contributed by atoms with van der Waals surface area (Å²) in [5, 5.41) is 3.15. The smallest absolute Gasteiger partial charge is 0.422 e. The molecule has 0 aliphatic rings. The molecule has 5 nitrogen and oxygen atoms in total. The first-order chi connectivity index (χ1) is 13.8. The number of rotatable bonds is 7. The molecule has 0 bridgehead atoms. The maximum Gasteiger partial charge on any atom is 0.422 e. The minimum atomic E-state index is -4.47. The van der Waals surface area contributed by atoms with E-state index in [9.17, 15) is 18.0 Å². The lowest BCUT2D eigenvalue weighted by Crippen LogP contribution is -2.20. The van der Waals surface area contributed by atoms with Gasteiger partial charge in [-0.05, 0) is 36.4 Å². The van der Waals surface area contributed by atoms with Crippen molar-refractivity contribution in [1.29, 1.82) is 0 Å². The molecule has 0 unspecified atom stereocenters. The molecule has 0 aliphatic carbocycles. The van der Waals surface area contributed by atoms with Crippen molar-refractivity contribution in [2.24, 2.45) is 0 Å². The summed E-state index contributed by atoms with van der Waals surface area (Å²) >= 11 is 5.85. The molecule has 0 atom stereocenters. The molecule has 1 amide bonds. The molecular weight excluding hydrogens is 409 g/mol. The topological polar surface area (TPSA) is 64.4 Å². The highest BCUT2D eigenvalue weighted by atomic mass is 35.5. The van der Waals surface area contributed by atoms with Crippen LogP contribution in [-0.4, -0.2) is 23.7 Å². The van der Waals surface area contributed by atoms with E-state index in [1.54, 1.807) is 36.5 Å². The van der Waals surface area contributed by atoms with Gasteiger partial charge in [0.2, 0.25) is 5.91 Å². The molecule has 9 heteroatoms. The average molecular weight is 425 g/mol. The first-order valence-electron chi connectivity index (χ1n) is 8.59. The van der Waals surface area contributed by atoms with Gasteiger partial charge in [-0.3, -0.25) is 4.79 Å². The van der Waals surface area contributed by atoms with E-state index in [2.05, 4.69) is 10.3 Å². The predicted octanol–water partition coefficient (Wildman–Crippen LogP) is 5.51. The summed E-state index contributed by atoms with van der Waals surface area (Å²) in [5.74, 6) is 0.452. The number of nitrogens with zero attached hydrogens (tertiary/aromatic N) is 1. The van der Waals surface area contributed by atoms with Crippen molar-refractivity contribution in [3.63, 3.8) is 0 Å². The average Bonchev–Trinajstić information content (AvgIpc) is 3.15. The van der Waals surface area contributed by atoms with Gasteiger partial charge < -0.3 is 14.5 Å². The van der Waals surface area contributed by atoms with Crippen LogP contribution in [0.4, 0.5) is 18.9 Å². The molecule has 3 rings (SSSR count). The molecular formula is C20H16ClF3N2O3. The van der Waals surface area contributed by atoms with Gasteiger partial charge in [-0.2, -0.15) is 13.2 Å². The van der Waals surface area contributed by atoms with Gasteiger partial charge in [0, 0.05) is 23.4 Å². The molecule has 0 aliphatic heterocycles. The summed E-state index contributed by atoms with van der Waals surface area (Å²) in [6.45, 7) is -1.44. The van der Waals surface area contributed by atoms with Crippen LogP contribution in [0.15, 0.2) is 59.1 Å². The zero-order valence-electron chi connectivity index (χ0n) is 15.0. The number of aromatic nitrogens is 1. The molecule has 1 aromatic heterocycles. The minimum Gasteiger partial charge on any atom is -0.482 e. The van der Waals surface area contributed by atoms with Crippen molar-refractivity contribution < 1.29 is 27.1 Å². The van der Waals surface area contributed by atoms with Crippen LogP contribution in [0.2, 0.25) is 5.02 Å². The van der Waals surface area contributed by atoms with Gasteiger partial charge in [0.25, 0.3) is 0 Å². The number of halogens is 4. The van der Waals surface area contributed by atoms with Crippen molar-refractivity contribution in [3.8, 4) is 17.1 Å². The van der Waals surface area contributed by atoms with Crippen LogP contribution in [0.5, 0.6) is 5.75 Å². The third-order valence-corrected chi connectivity index (χ3v) is 4.05. The number of para-hydroxylation sites is 2. The maximum atomic E-state index is 12.4. The number of nitrogens with one attached hydrogen (secondary N) is 1. The maximum absolute atomic E-state index is 12.4. The highest BCUT2D eigenvalue weighted by Crippen LogP contribution is 2.27. The standard InChI is InChI=1S/C20H16ClF3N2O3/c21-14-7-5-13(6-8-14)17-11-25-19(29-17)10-9-18(27)26-15-3-1-2-4-16(15)28-12-20(22,23)24/h1-8,11H,9-10,12H2,(H,26,27). The molecule has 0 saturated carbocycles. The van der Waals surface area contributed by atoms with Crippen LogP contribution >= 0.6 is 11.6 Å². The van der Waals surface area contributed by atoms with Gasteiger partial charge in [-0.25, -0.2) is 4.98 Å². The number of carbonyl (C=O) groups excluding carboxylic acids is 1. The number of hydrogen-bond acceptors (Lipinski definition) is 4. The van der Waals surface area contributed by atoms with E-state index in [-0.39, 0.29) is 24.3 Å². The Kier molecular flexibility index (Phi) is 6.43. The van der Waals surface area contributed by atoms with E-state index >= 15 is 0 Å². The molecule has 152 valence electrons. The first-order valence-corrected chi connectivity index (χ1v) is 8.97. The van der Waals surface area contributed by atoms with Crippen molar-refractivity contribution >= 4 is 23.2 Å². The minimum absolute atomic E-state index is 0.0359. The molecule has 0 saturated heterocycles. The van der Waals surface area contributed by atoms with E-state index < -0.39 is 18.7 Å². The number of aryl methyl sites for hydroxylation is 1. The molecule has 0 fully saturated rings. The van der Waals surface area contributed by atoms with E-state index in [1.807, 2.05) is 0 Å². The van der Waals surface area contributed by atoms with Crippen LogP contribution in [0.25, 0.3) is 11.3 Å². The second-order valence-corrected chi connectivity index (χ2v) is 6.51. The van der Waals surface area contributed by atoms with Crippen molar-refractivity contribution in [3.05, 3.63) is 65.6 Å². The van der Waals surface area contributed by atoms with Crippen molar-refractivity contribution in [2.75, 3.05) is 11.9 Å². The number of ether oxygens (including phenoxy) is 1. The molecule has 0 radical (unpaired) electrons. The van der Waals surface area contributed by atoms with Gasteiger partial charge in [0.1, 0.15) is 5.75 Å². The summed E-state index contributed by atoms with van der Waals surface area (Å²) in [5.41, 5.74) is 0.962. The Morgan fingerprint density at radius 3 is 2.59 bits per heavy atom. The summed E-state index contributed by atoms with van der Waals surface area (Å²) in [6, 6.07) is 13.0. The van der Waals surface area contributed by atoms with E-state index in [1.165, 1.54) is 18.2 Å². The van der Waals surface area contributed by atoms with Crippen molar-refractivity contribution in [2.45, 2.75) is 19.0 Å². The Hall–Kier alpha value is -3.00. The second-order valence-electron chi connectivity index (χ2n) is 6.07. The highest BCUT2D eigenvalue weighted by molar-refractivity contribution is 6.30. The van der Waals surface area contributed by atoms with Crippen molar-refractivity contribution in [1.82, 2.24) is 4.98 Å². The Morgan fingerprint density at radius 1 is 1.14 bits per heavy atom. The van der Waals surface area contributed by atoms with E-state index in [0.29, 0.717) is 16.7 Å². The molecule has 29 heavy (non-hydrogen) atoms. The van der Waals surface area contributed by atoms with Crippen LogP contribution in [-0.2, 0) is 11.2 Å². The number of anilines is 1. The first kappa shape index (κ1) is 20.7. The van der Waals surface area contributed by atoms with Crippen LogP contribution < -0.4 is 10.1 Å². The fraction of sp³-hybridized carbons (Fsp3) is 0.200. The Balaban J connectivity index is 1.56. The highest BCUT2D eigenvalue weighted by Gasteiger charge is 2.28. The van der Waals surface area contributed by atoms with E-state index in [4.69, 9.17) is 20.8 Å². The Bertz CT molecular complexity index is 972. The van der Waals surface area contributed by atoms with Gasteiger partial charge >= 0.3 is 6.18 Å². The lowest BCUT2D eigenvalue weighted by atomic mass is 10.2. The molecule has 1 N–H and O–H groups in total. The fourth-order valence-electron chi connectivity index (χ4n) is 2.46. The lowest BCUT2D eigenvalue weighted by molar-refractivity contribution is -0.153. The second kappa shape index (κ2) is 9.00. The van der Waals surface area contributed by atoms with Crippen LogP contribution in [0.1, 0.15) is 12.3 Å². The molecule has 2 aromatic carbocycles. The normalized spacial score (nSPS) is 11.3. The summed E-state index contributed by atoms with van der Waals surface area (Å²) in [4.78, 5) is 16.3. The predicted molar refractivity (Wildman–Crippen MR) is 102 cm³/mol. The largest absolute Gasteiger partial charge is 0.482 e. The number of oxazole rings is 1. The Morgan fingerprint density at radius 2 is 1.86 bits per heavy atom. The number of amides is 1. The van der Waals surface area contributed by atoms with Crippen LogP contribution in [0.3, 0.4) is 0 Å². The molecule has 1 heterocycles. The molecule has 0 spiro atoms. The van der Waals surface area contributed by atoms with Gasteiger partial charge in [0.15, 0.2) is 18.3 Å². The number of carbonyl (C=O) groups is 1.